The summed E-state index contributed by atoms with van der Waals surface area (Å²) in [6, 6.07) is 2.15. The number of nitrogens with one attached hydrogen (secondary N) is 2. The third kappa shape index (κ3) is 3.18. The maximum Gasteiger partial charge on any atom is 0.223 e. The van der Waals surface area contributed by atoms with Crippen LogP contribution in [0.1, 0.15) is 12.8 Å². The number of piperidine rings is 1. The summed E-state index contributed by atoms with van der Waals surface area (Å²) in [6.45, 7) is 2.16. The highest BCUT2D eigenvalue weighted by Crippen LogP contribution is 2.16. The van der Waals surface area contributed by atoms with Crippen LogP contribution in [0, 0.1) is 0 Å². The van der Waals surface area contributed by atoms with E-state index in [0.717, 1.165) is 19.5 Å². The normalized spacial score (nSPS) is 21.2. The van der Waals surface area contributed by atoms with Crippen LogP contribution in [0.25, 0.3) is 0 Å². The third-order valence-electron chi connectivity index (χ3n) is 2.87. The lowest BCUT2D eigenvalue weighted by Crippen LogP contribution is -2.39. The molecule has 0 aliphatic carbocycles. The fourth-order valence-corrected chi connectivity index (χ4v) is 2.11. The van der Waals surface area contributed by atoms with E-state index in [0.29, 0.717) is 17.7 Å². The topological polar surface area (TPSA) is 105 Å². The van der Waals surface area contributed by atoms with Crippen LogP contribution in [-0.4, -0.2) is 41.0 Å². The van der Waals surface area contributed by atoms with E-state index in [4.69, 9.17) is 11.6 Å². The van der Waals surface area contributed by atoms with Crippen molar-refractivity contribution in [1.29, 1.82) is 0 Å². The average Bonchev–Trinajstić information content (AvgIpc) is 2.28. The molecule has 6 N–H and O–H groups in total. The molecule has 0 bridgehead atoms. The van der Waals surface area contributed by atoms with Crippen LogP contribution < -0.4 is 22.3 Å². The van der Waals surface area contributed by atoms with Gasteiger partial charge in [-0.25, -0.2) is 5.84 Å². The van der Waals surface area contributed by atoms with Crippen LogP contribution in [0.3, 0.4) is 0 Å². The van der Waals surface area contributed by atoms with Gasteiger partial charge in [-0.05, 0) is 26.4 Å². The largest absolute Gasteiger partial charge is 0.368 e. The maximum atomic E-state index is 5.60. The fraction of sp³-hybridized carbons (Fsp3) is 0.600. The second kappa shape index (κ2) is 5.15. The van der Waals surface area contributed by atoms with Crippen LogP contribution in [0.5, 0.6) is 0 Å². The molecule has 17 heavy (non-hydrogen) atoms. The number of rotatable bonds is 3. The van der Waals surface area contributed by atoms with E-state index < -0.39 is 0 Å². The van der Waals surface area contributed by atoms with Crippen molar-refractivity contribution in [2.24, 2.45) is 5.84 Å². The monoisotopic (exact) mass is 237 g/mol. The molecule has 1 aromatic heterocycles. The number of nitrogens with zero attached hydrogens (tertiary/aromatic N) is 3. The van der Waals surface area contributed by atoms with Crippen molar-refractivity contribution in [3.05, 3.63) is 6.07 Å². The number of hydrogen-bond donors (Lipinski definition) is 4. The molecule has 1 saturated heterocycles. The lowest BCUT2D eigenvalue weighted by molar-refractivity contribution is 0.261. The molecule has 0 radical (unpaired) electrons. The van der Waals surface area contributed by atoms with E-state index in [-0.39, 0.29) is 5.95 Å². The molecule has 1 atom stereocenters. The Morgan fingerprint density at radius 3 is 2.88 bits per heavy atom. The van der Waals surface area contributed by atoms with Gasteiger partial charge in [0.25, 0.3) is 0 Å². The minimum Gasteiger partial charge on any atom is -0.368 e. The highest BCUT2D eigenvalue weighted by Gasteiger charge is 2.17. The highest BCUT2D eigenvalue weighted by atomic mass is 15.3. The Bertz CT molecular complexity index is 381. The third-order valence-corrected chi connectivity index (χ3v) is 2.87. The zero-order chi connectivity index (χ0) is 12.3. The minimum absolute atomic E-state index is 0.215. The summed E-state index contributed by atoms with van der Waals surface area (Å²) in [7, 11) is 2.12. The van der Waals surface area contributed by atoms with Gasteiger partial charge in [0.15, 0.2) is 0 Å². The van der Waals surface area contributed by atoms with E-state index in [1.165, 1.54) is 6.42 Å². The average molecular weight is 237 g/mol. The van der Waals surface area contributed by atoms with Gasteiger partial charge in [-0.3, -0.25) is 0 Å². The zero-order valence-corrected chi connectivity index (χ0v) is 9.98. The van der Waals surface area contributed by atoms with Gasteiger partial charge in [-0.2, -0.15) is 9.97 Å². The Morgan fingerprint density at radius 2 is 2.18 bits per heavy atom. The first-order valence-corrected chi connectivity index (χ1v) is 5.73. The molecular weight excluding hydrogens is 218 g/mol. The zero-order valence-electron chi connectivity index (χ0n) is 9.98. The van der Waals surface area contributed by atoms with Gasteiger partial charge in [0.1, 0.15) is 11.6 Å². The Labute approximate surface area is 101 Å². The molecule has 2 rings (SSSR count). The summed E-state index contributed by atoms with van der Waals surface area (Å²) in [5.41, 5.74) is 8.07. The first kappa shape index (κ1) is 11.9. The standard InChI is InChI=1S/C10H19N7/c1-17-4-2-3-7(6-17)13-8-5-9(16-12)15-10(11)14-8/h5,7H,2-4,6,12H2,1H3,(H4,11,13,14,15,16). The smallest absolute Gasteiger partial charge is 0.223 e. The van der Waals surface area contributed by atoms with Gasteiger partial charge >= 0.3 is 0 Å². The fourth-order valence-electron chi connectivity index (χ4n) is 2.11. The first-order valence-electron chi connectivity index (χ1n) is 5.73. The lowest BCUT2D eigenvalue weighted by atomic mass is 10.1. The molecule has 1 unspecified atom stereocenters. The lowest BCUT2D eigenvalue weighted by Gasteiger charge is -2.30. The van der Waals surface area contributed by atoms with Crippen molar-refractivity contribution in [3.63, 3.8) is 0 Å². The van der Waals surface area contributed by atoms with E-state index in [9.17, 15) is 0 Å². The number of likely N-dealkylation sites (tertiary alicyclic amines) is 1. The first-order chi connectivity index (χ1) is 8.17. The van der Waals surface area contributed by atoms with E-state index in [2.05, 4.69) is 32.7 Å². The molecule has 7 heteroatoms. The SMILES string of the molecule is CN1CCCC(Nc2cc(NN)nc(N)n2)C1. The quantitative estimate of drug-likeness (QED) is 0.428. The van der Waals surface area contributed by atoms with Crippen LogP contribution >= 0.6 is 0 Å². The van der Waals surface area contributed by atoms with Gasteiger partial charge < -0.3 is 21.4 Å². The summed E-state index contributed by atoms with van der Waals surface area (Å²) < 4.78 is 0. The summed E-state index contributed by atoms with van der Waals surface area (Å²) in [6.07, 6.45) is 2.33. The van der Waals surface area contributed by atoms with E-state index >= 15 is 0 Å². The number of hydrazine groups is 1. The number of aromatic nitrogens is 2. The van der Waals surface area contributed by atoms with Gasteiger partial charge in [-0.15, -0.1) is 0 Å². The second-order valence-electron chi connectivity index (χ2n) is 4.39. The minimum atomic E-state index is 0.215. The molecule has 1 fully saturated rings. The molecule has 2 heterocycles. The van der Waals surface area contributed by atoms with Crippen molar-refractivity contribution in [3.8, 4) is 0 Å². The van der Waals surface area contributed by atoms with Gasteiger partial charge in [-0.1, -0.05) is 0 Å². The van der Waals surface area contributed by atoms with E-state index in [1.54, 1.807) is 6.07 Å². The van der Waals surface area contributed by atoms with Gasteiger partial charge in [0, 0.05) is 18.7 Å². The van der Waals surface area contributed by atoms with Crippen molar-refractivity contribution >= 4 is 17.6 Å². The van der Waals surface area contributed by atoms with Crippen molar-refractivity contribution in [1.82, 2.24) is 14.9 Å². The number of hydrogen-bond acceptors (Lipinski definition) is 7. The molecule has 1 aliphatic heterocycles. The predicted molar refractivity (Wildman–Crippen MR) is 68.4 cm³/mol. The Balaban J connectivity index is 2.04. The molecule has 0 saturated carbocycles. The van der Waals surface area contributed by atoms with Gasteiger partial charge in [0.2, 0.25) is 5.95 Å². The summed E-state index contributed by atoms with van der Waals surface area (Å²) >= 11 is 0. The van der Waals surface area contributed by atoms with Crippen LogP contribution in [0.2, 0.25) is 0 Å². The Morgan fingerprint density at radius 1 is 1.41 bits per heavy atom. The van der Waals surface area contributed by atoms with E-state index in [1.807, 2.05) is 0 Å². The maximum absolute atomic E-state index is 5.60. The molecule has 0 amide bonds. The molecule has 1 aromatic rings. The number of nitrogens with two attached hydrogens (primary N) is 2. The van der Waals surface area contributed by atoms with Crippen molar-refractivity contribution < 1.29 is 0 Å². The number of likely N-dealkylation sites (N-methyl/N-ethyl adjacent to an activating group) is 1. The number of anilines is 3. The summed E-state index contributed by atoms with van der Waals surface area (Å²) in [5.74, 6) is 6.76. The van der Waals surface area contributed by atoms with Crippen LogP contribution in [-0.2, 0) is 0 Å². The van der Waals surface area contributed by atoms with Crippen molar-refractivity contribution in [2.75, 3.05) is 36.6 Å². The summed E-state index contributed by atoms with van der Waals surface area (Å²) in [5, 5.41) is 3.36. The van der Waals surface area contributed by atoms with Crippen molar-refractivity contribution in [2.45, 2.75) is 18.9 Å². The Hall–Kier alpha value is -1.60. The second-order valence-corrected chi connectivity index (χ2v) is 4.39. The molecule has 94 valence electrons. The summed E-state index contributed by atoms with van der Waals surface area (Å²) in [4.78, 5) is 10.4. The van der Waals surface area contributed by atoms with Gasteiger partial charge in [0.05, 0.1) is 0 Å². The molecule has 7 nitrogen and oxygen atoms in total. The highest BCUT2D eigenvalue weighted by molar-refractivity contribution is 5.50. The Kier molecular flexibility index (Phi) is 3.60. The van der Waals surface area contributed by atoms with Crippen LogP contribution in [0.15, 0.2) is 6.07 Å². The molecule has 1 aliphatic rings. The van der Waals surface area contributed by atoms with Crippen LogP contribution in [0.4, 0.5) is 17.6 Å². The molecule has 0 spiro atoms. The number of nitrogen functional groups attached to an aromatic ring is 2. The predicted octanol–water partition coefficient (Wildman–Crippen LogP) is -0.149. The molecular formula is C10H19N7. The molecule has 0 aromatic carbocycles.